The van der Waals surface area contributed by atoms with Gasteiger partial charge in [0.2, 0.25) is 11.0 Å². The number of amides is 1. The number of anilines is 1. The Morgan fingerprint density at radius 2 is 2.31 bits per heavy atom. The van der Waals surface area contributed by atoms with E-state index in [1.54, 1.807) is 12.5 Å². The molecule has 0 radical (unpaired) electrons. The summed E-state index contributed by atoms with van der Waals surface area (Å²) in [6.07, 6.45) is 5.34. The van der Waals surface area contributed by atoms with Gasteiger partial charge in [-0.25, -0.2) is 4.98 Å². The summed E-state index contributed by atoms with van der Waals surface area (Å²) in [7, 11) is 0. The summed E-state index contributed by atoms with van der Waals surface area (Å²) >= 11 is 2.88. The van der Waals surface area contributed by atoms with Crippen molar-refractivity contribution < 1.29 is 9.53 Å². The van der Waals surface area contributed by atoms with Gasteiger partial charge in [0, 0.05) is 43.2 Å². The van der Waals surface area contributed by atoms with Crippen LogP contribution in [0.25, 0.3) is 5.69 Å². The van der Waals surface area contributed by atoms with Crippen LogP contribution in [0.2, 0.25) is 0 Å². The van der Waals surface area contributed by atoms with Crippen LogP contribution in [-0.2, 0) is 10.5 Å². The Balaban J connectivity index is 1.73. The van der Waals surface area contributed by atoms with Crippen molar-refractivity contribution in [1.29, 1.82) is 0 Å². The maximum absolute atomic E-state index is 11.1. The van der Waals surface area contributed by atoms with Gasteiger partial charge in [0.25, 0.3) is 0 Å². The van der Waals surface area contributed by atoms with Crippen molar-refractivity contribution in [3.8, 4) is 11.4 Å². The van der Waals surface area contributed by atoms with Crippen LogP contribution in [0.4, 0.5) is 5.13 Å². The molecule has 136 valence electrons. The van der Waals surface area contributed by atoms with Crippen molar-refractivity contribution in [1.82, 2.24) is 19.7 Å². The minimum Gasteiger partial charge on any atom is -0.492 e. The second kappa shape index (κ2) is 8.79. The van der Waals surface area contributed by atoms with E-state index in [1.807, 2.05) is 29.0 Å². The predicted octanol–water partition coefficient (Wildman–Crippen LogP) is 2.31. The second-order valence-corrected chi connectivity index (χ2v) is 7.44. The van der Waals surface area contributed by atoms with Crippen molar-refractivity contribution in [2.24, 2.45) is 5.73 Å². The Labute approximate surface area is 158 Å². The highest BCUT2D eigenvalue weighted by molar-refractivity contribution is 8.00. The van der Waals surface area contributed by atoms with Gasteiger partial charge < -0.3 is 20.4 Å². The van der Waals surface area contributed by atoms with Crippen LogP contribution in [-0.4, -0.2) is 38.8 Å². The molecule has 2 aromatic heterocycles. The maximum Gasteiger partial charge on any atom is 0.223 e. The van der Waals surface area contributed by atoms with E-state index in [9.17, 15) is 4.79 Å². The molecule has 3 rings (SSSR count). The molecular weight excluding hydrogens is 372 g/mol. The molecule has 0 aliphatic rings. The topological polar surface area (TPSA) is 108 Å². The van der Waals surface area contributed by atoms with E-state index in [1.165, 1.54) is 30.0 Å². The normalized spacial score (nSPS) is 10.7. The molecule has 0 aliphatic heterocycles. The van der Waals surface area contributed by atoms with Crippen molar-refractivity contribution in [2.45, 2.75) is 17.0 Å². The molecule has 1 aromatic carbocycles. The van der Waals surface area contributed by atoms with Crippen molar-refractivity contribution in [2.75, 3.05) is 18.5 Å². The second-order valence-electron chi connectivity index (χ2n) is 5.24. The van der Waals surface area contributed by atoms with Gasteiger partial charge in [0.1, 0.15) is 12.4 Å². The highest BCUT2D eigenvalue weighted by Gasteiger charge is 2.10. The number of carbonyl (C=O) groups excluding carboxylic acids is 1. The average Bonchev–Trinajstić information content (AvgIpc) is 3.30. The smallest absolute Gasteiger partial charge is 0.223 e. The van der Waals surface area contributed by atoms with Crippen molar-refractivity contribution >= 4 is 34.1 Å². The van der Waals surface area contributed by atoms with Gasteiger partial charge in [-0.3, -0.25) is 4.79 Å². The van der Waals surface area contributed by atoms with Crippen molar-refractivity contribution in [3.63, 3.8) is 0 Å². The van der Waals surface area contributed by atoms with Gasteiger partial charge in [-0.1, -0.05) is 29.2 Å². The van der Waals surface area contributed by atoms with Crippen LogP contribution in [0.1, 0.15) is 12.5 Å². The average molecular weight is 390 g/mol. The maximum atomic E-state index is 11.1. The fourth-order valence-corrected chi connectivity index (χ4v) is 3.94. The molecule has 8 nitrogen and oxygen atoms in total. The Morgan fingerprint density at radius 1 is 1.42 bits per heavy atom. The summed E-state index contributed by atoms with van der Waals surface area (Å²) in [6.45, 7) is 2.33. The molecule has 3 N–H and O–H groups in total. The number of thioether (sulfide) groups is 1. The third-order valence-electron chi connectivity index (χ3n) is 3.27. The van der Waals surface area contributed by atoms with E-state index < -0.39 is 0 Å². The quantitative estimate of drug-likeness (QED) is 0.449. The Bertz CT molecular complexity index is 866. The first kappa shape index (κ1) is 18.4. The monoisotopic (exact) mass is 390 g/mol. The lowest BCUT2D eigenvalue weighted by atomic mass is 10.2. The Kier molecular flexibility index (Phi) is 6.21. The molecule has 0 fully saturated rings. The summed E-state index contributed by atoms with van der Waals surface area (Å²) in [5.74, 6) is 1.28. The van der Waals surface area contributed by atoms with Crippen LogP contribution >= 0.6 is 23.1 Å². The number of nitrogens with one attached hydrogen (secondary N) is 1. The molecule has 0 bridgehead atoms. The van der Waals surface area contributed by atoms with Gasteiger partial charge in [-0.05, 0) is 6.07 Å². The summed E-state index contributed by atoms with van der Waals surface area (Å²) in [5, 5.41) is 11.2. The van der Waals surface area contributed by atoms with Gasteiger partial charge in [-0.2, -0.15) is 0 Å². The zero-order chi connectivity index (χ0) is 18.4. The molecule has 10 heteroatoms. The zero-order valence-electron chi connectivity index (χ0n) is 14.1. The Hall–Kier alpha value is -2.43. The summed E-state index contributed by atoms with van der Waals surface area (Å²) in [4.78, 5) is 15.1. The Morgan fingerprint density at radius 3 is 3.04 bits per heavy atom. The van der Waals surface area contributed by atoms with E-state index in [0.29, 0.717) is 24.0 Å². The van der Waals surface area contributed by atoms with E-state index in [-0.39, 0.29) is 5.91 Å². The number of carbonyl (C=O) groups is 1. The largest absolute Gasteiger partial charge is 0.492 e. The lowest BCUT2D eigenvalue weighted by Crippen LogP contribution is -2.11. The number of ether oxygens (including phenoxy) is 1. The number of rotatable bonds is 8. The highest BCUT2D eigenvalue weighted by atomic mass is 32.2. The van der Waals surface area contributed by atoms with Crippen molar-refractivity contribution in [3.05, 3.63) is 42.5 Å². The molecule has 0 spiro atoms. The van der Waals surface area contributed by atoms with Crippen LogP contribution in [0.15, 0.2) is 41.3 Å². The fourth-order valence-electron chi connectivity index (χ4n) is 2.15. The van der Waals surface area contributed by atoms with Crippen LogP contribution < -0.4 is 15.8 Å². The number of benzene rings is 1. The molecule has 0 unspecified atom stereocenters. The van der Waals surface area contributed by atoms with E-state index in [4.69, 9.17) is 10.5 Å². The first-order chi connectivity index (χ1) is 12.7. The van der Waals surface area contributed by atoms with Crippen LogP contribution in [0, 0.1) is 0 Å². The van der Waals surface area contributed by atoms with Gasteiger partial charge >= 0.3 is 0 Å². The molecule has 26 heavy (non-hydrogen) atoms. The third kappa shape index (κ3) is 4.81. The molecule has 0 atom stereocenters. The number of aromatic nitrogens is 4. The fraction of sp³-hybridized carbons (Fsp3) is 0.250. The number of nitrogens with zero attached hydrogens (tertiary/aromatic N) is 4. The molecule has 2 heterocycles. The third-order valence-corrected chi connectivity index (χ3v) is 5.29. The van der Waals surface area contributed by atoms with E-state index in [0.717, 1.165) is 21.3 Å². The molecule has 0 saturated heterocycles. The summed E-state index contributed by atoms with van der Waals surface area (Å²) in [5.41, 5.74) is 7.57. The number of hydrogen-bond donors (Lipinski definition) is 2. The van der Waals surface area contributed by atoms with Gasteiger partial charge in [0.15, 0.2) is 4.34 Å². The number of imidazole rings is 1. The van der Waals surface area contributed by atoms with Crippen LogP contribution in [0.5, 0.6) is 5.75 Å². The number of nitrogens with two attached hydrogens (primary N) is 1. The van der Waals surface area contributed by atoms with Crippen LogP contribution in [0.3, 0.4) is 0 Å². The first-order valence-electron chi connectivity index (χ1n) is 7.83. The molecular formula is C16H18N6O2S2. The summed E-state index contributed by atoms with van der Waals surface area (Å²) < 4.78 is 8.50. The molecule has 3 aromatic rings. The molecule has 0 aliphatic carbocycles. The standard InChI is InChI=1S/C16H18N6O2S2/c1-11(23)19-15-20-21-16(26-15)25-9-12-2-3-13(22-6-5-18-10-22)8-14(12)24-7-4-17/h2-3,5-6,8,10H,4,7,9,17H2,1H3,(H,19,20,23). The zero-order valence-corrected chi connectivity index (χ0v) is 15.7. The number of hydrogen-bond acceptors (Lipinski definition) is 8. The van der Waals surface area contributed by atoms with Gasteiger partial charge in [-0.15, -0.1) is 10.2 Å². The van der Waals surface area contributed by atoms with E-state index >= 15 is 0 Å². The summed E-state index contributed by atoms with van der Waals surface area (Å²) in [6, 6.07) is 6.00. The van der Waals surface area contributed by atoms with E-state index in [2.05, 4.69) is 20.5 Å². The molecule has 1 amide bonds. The SMILES string of the molecule is CC(=O)Nc1nnc(SCc2ccc(-n3ccnc3)cc2OCCN)s1. The van der Waals surface area contributed by atoms with Gasteiger partial charge in [0.05, 0.1) is 12.0 Å². The lowest BCUT2D eigenvalue weighted by Gasteiger charge is -2.12. The predicted molar refractivity (Wildman–Crippen MR) is 102 cm³/mol. The molecule has 0 saturated carbocycles. The lowest BCUT2D eigenvalue weighted by molar-refractivity contribution is -0.114. The minimum atomic E-state index is -0.162. The minimum absolute atomic E-state index is 0.162. The first-order valence-corrected chi connectivity index (χ1v) is 9.64. The highest BCUT2D eigenvalue weighted by Crippen LogP contribution is 2.32.